The summed E-state index contributed by atoms with van der Waals surface area (Å²) >= 11 is 3.42. The van der Waals surface area contributed by atoms with Crippen LogP contribution in [0.3, 0.4) is 0 Å². The van der Waals surface area contributed by atoms with Crippen LogP contribution in [-0.4, -0.2) is 63.2 Å². The van der Waals surface area contributed by atoms with Crippen LogP contribution in [0, 0.1) is 0 Å². The Hall–Kier alpha value is -2.79. The summed E-state index contributed by atoms with van der Waals surface area (Å²) in [6.07, 6.45) is 0. The zero-order valence-corrected chi connectivity index (χ0v) is 22.4. The van der Waals surface area contributed by atoms with Gasteiger partial charge in [-0.3, -0.25) is 13.9 Å². The number of carbonyl (C=O) groups is 2. The highest BCUT2D eigenvalue weighted by atomic mass is 79.9. The van der Waals surface area contributed by atoms with E-state index in [1.807, 2.05) is 24.3 Å². The number of benzene rings is 2. The van der Waals surface area contributed by atoms with Crippen LogP contribution >= 0.6 is 15.9 Å². The van der Waals surface area contributed by atoms with Crippen molar-refractivity contribution in [3.05, 3.63) is 52.5 Å². The molecule has 0 spiro atoms. The van der Waals surface area contributed by atoms with Crippen molar-refractivity contribution in [2.75, 3.05) is 36.4 Å². The van der Waals surface area contributed by atoms with E-state index < -0.39 is 28.5 Å². The summed E-state index contributed by atoms with van der Waals surface area (Å²) in [5.41, 5.74) is 1.09. The molecule has 9 nitrogen and oxygen atoms in total. The van der Waals surface area contributed by atoms with Crippen molar-refractivity contribution in [2.24, 2.45) is 0 Å². The van der Waals surface area contributed by atoms with Gasteiger partial charge in [-0.15, -0.1) is 0 Å². The largest absolute Gasteiger partial charge is 0.486 e. The van der Waals surface area contributed by atoms with Gasteiger partial charge in [0, 0.05) is 23.6 Å². The van der Waals surface area contributed by atoms with Crippen LogP contribution in [0.25, 0.3) is 0 Å². The third-order valence-electron chi connectivity index (χ3n) is 5.55. The Kier molecular flexibility index (Phi) is 9.01. The Morgan fingerprint density at radius 3 is 2.46 bits per heavy atom. The Labute approximate surface area is 214 Å². The molecule has 35 heavy (non-hydrogen) atoms. The molecule has 11 heteroatoms. The average Bonchev–Trinajstić information content (AvgIpc) is 2.85. The number of sulfonamides is 1. The van der Waals surface area contributed by atoms with Gasteiger partial charge in [0.05, 0.1) is 11.4 Å². The van der Waals surface area contributed by atoms with Crippen molar-refractivity contribution in [1.29, 1.82) is 0 Å². The van der Waals surface area contributed by atoms with E-state index in [0.717, 1.165) is 14.3 Å². The van der Waals surface area contributed by atoms with Crippen LogP contribution in [0.2, 0.25) is 0 Å². The number of amides is 2. The highest BCUT2D eigenvalue weighted by Crippen LogP contribution is 2.35. The summed E-state index contributed by atoms with van der Waals surface area (Å²) in [7, 11) is -3.82. The van der Waals surface area contributed by atoms with Crippen molar-refractivity contribution in [3.8, 4) is 11.5 Å². The molecule has 2 aromatic rings. The monoisotopic (exact) mass is 567 g/mol. The van der Waals surface area contributed by atoms with Gasteiger partial charge in [0.2, 0.25) is 21.8 Å². The number of hydrogen-bond acceptors (Lipinski definition) is 6. The van der Waals surface area contributed by atoms with E-state index in [2.05, 4.69) is 21.2 Å². The third-order valence-corrected chi connectivity index (χ3v) is 7.79. The van der Waals surface area contributed by atoms with Gasteiger partial charge in [0.25, 0.3) is 0 Å². The highest BCUT2D eigenvalue weighted by Gasteiger charge is 2.31. The topological polar surface area (TPSA) is 105 Å². The van der Waals surface area contributed by atoms with Gasteiger partial charge in [0.1, 0.15) is 25.8 Å². The smallest absolute Gasteiger partial charge is 0.244 e. The van der Waals surface area contributed by atoms with Crippen LogP contribution in [0.4, 0.5) is 5.69 Å². The molecule has 3 rings (SSSR count). The van der Waals surface area contributed by atoms with Gasteiger partial charge in [0.15, 0.2) is 11.5 Å². The minimum atomic E-state index is -3.82. The fourth-order valence-electron chi connectivity index (χ4n) is 3.64. The van der Waals surface area contributed by atoms with Crippen LogP contribution in [-0.2, 0) is 26.2 Å². The van der Waals surface area contributed by atoms with Crippen LogP contribution in [0.15, 0.2) is 46.9 Å². The molecule has 0 fully saturated rings. The molecule has 0 aliphatic carbocycles. The molecule has 0 saturated carbocycles. The molecular formula is C24H30BrN3O6S. The van der Waals surface area contributed by atoms with E-state index in [1.54, 1.807) is 32.0 Å². The van der Waals surface area contributed by atoms with E-state index in [9.17, 15) is 18.0 Å². The highest BCUT2D eigenvalue weighted by molar-refractivity contribution is 9.10. The molecule has 1 aliphatic heterocycles. The molecule has 1 aliphatic rings. The number of rotatable bonds is 10. The maximum atomic E-state index is 13.6. The van der Waals surface area contributed by atoms with Gasteiger partial charge in [-0.2, -0.15) is 0 Å². The summed E-state index contributed by atoms with van der Waals surface area (Å²) in [6, 6.07) is 11.3. The number of likely N-dealkylation sites (N-methyl/N-ethyl adjacent to an activating group) is 1. The molecule has 0 bridgehead atoms. The second kappa shape index (κ2) is 11.8. The third kappa shape index (κ3) is 6.66. The van der Waals surface area contributed by atoms with Crippen LogP contribution in [0.1, 0.15) is 26.3 Å². The van der Waals surface area contributed by atoms with Crippen molar-refractivity contribution in [2.45, 2.75) is 33.4 Å². The average molecular weight is 568 g/mol. The normalized spacial score (nSPS) is 13.6. The quantitative estimate of drug-likeness (QED) is 0.473. The van der Waals surface area contributed by atoms with Crippen LogP contribution < -0.4 is 19.1 Å². The summed E-state index contributed by atoms with van der Waals surface area (Å²) in [4.78, 5) is 27.6. The van der Waals surface area contributed by atoms with Crippen molar-refractivity contribution in [3.63, 3.8) is 0 Å². The summed E-state index contributed by atoms with van der Waals surface area (Å²) in [6.45, 7) is 5.78. The number of nitrogens with zero attached hydrogens (tertiary/aromatic N) is 2. The molecule has 1 atom stereocenters. The minimum Gasteiger partial charge on any atom is -0.486 e. The number of ether oxygens (including phenoxy) is 2. The lowest BCUT2D eigenvalue weighted by molar-refractivity contribution is -0.139. The lowest BCUT2D eigenvalue weighted by Gasteiger charge is -2.32. The summed E-state index contributed by atoms with van der Waals surface area (Å²) in [5.74, 6) is -0.0945. The van der Waals surface area contributed by atoms with E-state index in [-0.39, 0.29) is 23.9 Å². The van der Waals surface area contributed by atoms with E-state index >= 15 is 0 Å². The Morgan fingerprint density at radius 1 is 1.09 bits per heavy atom. The maximum Gasteiger partial charge on any atom is 0.244 e. The van der Waals surface area contributed by atoms with E-state index in [0.29, 0.717) is 31.3 Å². The molecule has 0 radical (unpaired) electrons. The molecule has 2 amide bonds. The predicted octanol–water partition coefficient (Wildman–Crippen LogP) is 2.93. The van der Waals surface area contributed by atoms with Gasteiger partial charge in [-0.25, -0.2) is 8.42 Å². The summed E-state index contributed by atoms with van der Waals surface area (Å²) < 4.78 is 39.1. The maximum absolute atomic E-state index is 13.6. The minimum absolute atomic E-state index is 0.137. The van der Waals surface area contributed by atoms with E-state index in [1.165, 1.54) is 11.8 Å². The van der Waals surface area contributed by atoms with E-state index in [4.69, 9.17) is 9.47 Å². The Balaban J connectivity index is 1.95. The molecule has 1 heterocycles. The molecule has 0 aromatic heterocycles. The SMILES string of the molecule is CCNC(=O)[C@@H](C)N(Cc1cccc(Br)c1)C(=O)CN(c1ccc2c(c1)OCCO2)S(=O)(=O)CC. The lowest BCUT2D eigenvalue weighted by atomic mass is 10.1. The standard InChI is InChI=1S/C24H30BrN3O6S/c1-4-26-24(30)17(3)27(15-18-7-6-8-19(25)13-18)23(29)16-28(35(31,32)5-2)20-9-10-21-22(14-20)34-12-11-33-21/h6-10,13-14,17H,4-5,11-12,15-16H2,1-3H3,(H,26,30)/t17-/m1/s1. The van der Waals surface area contributed by atoms with Gasteiger partial charge >= 0.3 is 0 Å². The zero-order valence-electron chi connectivity index (χ0n) is 20.0. The van der Waals surface area contributed by atoms with Crippen molar-refractivity contribution >= 4 is 43.5 Å². The second-order valence-corrected chi connectivity index (χ2v) is 11.1. The molecule has 2 aromatic carbocycles. The Morgan fingerprint density at radius 2 is 1.80 bits per heavy atom. The second-order valence-electron chi connectivity index (χ2n) is 7.96. The van der Waals surface area contributed by atoms with Crippen molar-refractivity contribution < 1.29 is 27.5 Å². The molecule has 0 unspecified atom stereocenters. The lowest BCUT2D eigenvalue weighted by Crippen LogP contribution is -2.51. The number of nitrogens with one attached hydrogen (secondary N) is 1. The fraction of sp³-hybridized carbons (Fsp3) is 0.417. The molecule has 190 valence electrons. The molecule has 0 saturated heterocycles. The van der Waals surface area contributed by atoms with Gasteiger partial charge in [-0.05, 0) is 50.6 Å². The summed E-state index contributed by atoms with van der Waals surface area (Å²) in [5, 5.41) is 2.73. The number of halogens is 1. The first-order chi connectivity index (χ1) is 16.7. The molecule has 1 N–H and O–H groups in total. The fourth-order valence-corrected chi connectivity index (χ4v) is 5.14. The van der Waals surface area contributed by atoms with Gasteiger partial charge < -0.3 is 19.7 Å². The number of carbonyl (C=O) groups excluding carboxylic acids is 2. The Bertz CT molecular complexity index is 1170. The van der Waals surface area contributed by atoms with Gasteiger partial charge in [-0.1, -0.05) is 28.1 Å². The molecular weight excluding hydrogens is 538 g/mol. The zero-order chi connectivity index (χ0) is 25.6. The van der Waals surface area contributed by atoms with Crippen LogP contribution in [0.5, 0.6) is 11.5 Å². The first kappa shape index (κ1) is 26.8. The first-order valence-corrected chi connectivity index (χ1v) is 13.8. The van der Waals surface area contributed by atoms with Crippen molar-refractivity contribution in [1.82, 2.24) is 10.2 Å². The number of hydrogen-bond donors (Lipinski definition) is 1. The number of fused-ring (bicyclic) bond motifs is 1. The number of anilines is 1. The first-order valence-electron chi connectivity index (χ1n) is 11.4. The predicted molar refractivity (Wildman–Crippen MR) is 137 cm³/mol.